The summed E-state index contributed by atoms with van der Waals surface area (Å²) in [6, 6.07) is 18.8. The molecule has 1 aliphatic carbocycles. The average molecular weight is 563 g/mol. The van der Waals surface area contributed by atoms with Crippen molar-refractivity contribution in [3.05, 3.63) is 102 Å². The van der Waals surface area contributed by atoms with E-state index >= 15 is 0 Å². The van der Waals surface area contributed by atoms with Crippen molar-refractivity contribution < 1.29 is 26.8 Å². The number of rotatable bonds is 12. The molecule has 3 aromatic carbocycles. The maximum Gasteiger partial charge on any atom is 0.255 e. The first kappa shape index (κ1) is 27.6. The molecule has 2 N–H and O–H groups in total. The molecule has 1 heterocycles. The van der Waals surface area contributed by atoms with Gasteiger partial charge < -0.3 is 14.5 Å². The van der Waals surface area contributed by atoms with Crippen molar-refractivity contribution in [3.63, 3.8) is 0 Å². The lowest BCUT2D eigenvalue weighted by molar-refractivity contribution is 0.0704. The molecule has 1 aliphatic rings. The van der Waals surface area contributed by atoms with Crippen molar-refractivity contribution in [1.82, 2.24) is 5.32 Å². The molecular weight excluding hydrogens is 531 g/mol. The maximum absolute atomic E-state index is 13.6. The molecule has 7 nitrogen and oxygen atoms in total. The summed E-state index contributed by atoms with van der Waals surface area (Å²) in [4.78, 5) is 12.9. The maximum atomic E-state index is 13.6. The van der Waals surface area contributed by atoms with E-state index in [9.17, 15) is 17.6 Å². The SMILES string of the molecule is C=CC(CCS(=O)(=O)Nc1cc2oc(-c3ccc(F)cc3)c(C(=O)NC)c2cc1C1CC1)OCc1ccccc1. The number of hydrogen-bond acceptors (Lipinski definition) is 5. The van der Waals surface area contributed by atoms with Crippen molar-refractivity contribution in [2.45, 2.75) is 37.9 Å². The number of ether oxygens (including phenoxy) is 1. The number of fused-ring (bicyclic) bond motifs is 1. The number of amides is 1. The van der Waals surface area contributed by atoms with Gasteiger partial charge in [0.15, 0.2) is 0 Å². The summed E-state index contributed by atoms with van der Waals surface area (Å²) in [6.07, 6.45) is 3.26. The number of carbonyl (C=O) groups is 1. The third-order valence-electron chi connectivity index (χ3n) is 6.94. The Kier molecular flexibility index (Phi) is 8.04. The van der Waals surface area contributed by atoms with E-state index in [0.29, 0.717) is 40.2 Å². The zero-order valence-electron chi connectivity index (χ0n) is 22.2. The molecule has 0 aliphatic heterocycles. The quantitative estimate of drug-likeness (QED) is 0.195. The summed E-state index contributed by atoms with van der Waals surface area (Å²) in [5.41, 5.74) is 3.45. The third-order valence-corrected chi connectivity index (χ3v) is 8.25. The molecule has 40 heavy (non-hydrogen) atoms. The van der Waals surface area contributed by atoms with E-state index in [4.69, 9.17) is 9.15 Å². The summed E-state index contributed by atoms with van der Waals surface area (Å²) in [5.74, 6) is -0.444. The highest BCUT2D eigenvalue weighted by molar-refractivity contribution is 7.92. The van der Waals surface area contributed by atoms with Crippen LogP contribution in [0.4, 0.5) is 10.1 Å². The Morgan fingerprint density at radius 1 is 1.15 bits per heavy atom. The molecule has 9 heteroatoms. The normalized spacial score (nSPS) is 14.2. The fourth-order valence-corrected chi connectivity index (χ4v) is 5.83. The van der Waals surface area contributed by atoms with Gasteiger partial charge in [0.1, 0.15) is 17.2 Å². The summed E-state index contributed by atoms with van der Waals surface area (Å²) < 4.78 is 54.6. The van der Waals surface area contributed by atoms with Gasteiger partial charge in [0.2, 0.25) is 10.0 Å². The monoisotopic (exact) mass is 562 g/mol. The largest absolute Gasteiger partial charge is 0.455 e. The number of hydrogen-bond donors (Lipinski definition) is 2. The smallest absolute Gasteiger partial charge is 0.255 e. The lowest BCUT2D eigenvalue weighted by atomic mass is 10.0. The first-order chi connectivity index (χ1) is 19.3. The van der Waals surface area contributed by atoms with Crippen molar-refractivity contribution in [2.24, 2.45) is 0 Å². The second-order valence-electron chi connectivity index (χ2n) is 9.88. The van der Waals surface area contributed by atoms with E-state index < -0.39 is 21.9 Å². The second-order valence-corrected chi connectivity index (χ2v) is 11.7. The van der Waals surface area contributed by atoms with E-state index in [2.05, 4.69) is 16.6 Å². The summed E-state index contributed by atoms with van der Waals surface area (Å²) in [6.45, 7) is 4.15. The third kappa shape index (κ3) is 6.26. The fraction of sp³-hybridized carbons (Fsp3) is 0.258. The van der Waals surface area contributed by atoms with Crippen LogP contribution in [-0.2, 0) is 21.4 Å². The first-order valence-corrected chi connectivity index (χ1v) is 14.8. The zero-order valence-corrected chi connectivity index (χ0v) is 23.0. The molecule has 0 spiro atoms. The van der Waals surface area contributed by atoms with Gasteiger partial charge in [0.05, 0.1) is 29.7 Å². The van der Waals surface area contributed by atoms with Crippen LogP contribution in [0.25, 0.3) is 22.3 Å². The van der Waals surface area contributed by atoms with Crippen LogP contribution in [0.2, 0.25) is 0 Å². The minimum absolute atomic E-state index is 0.164. The van der Waals surface area contributed by atoms with Crippen LogP contribution in [0.1, 0.15) is 46.7 Å². The van der Waals surface area contributed by atoms with Gasteiger partial charge in [0.25, 0.3) is 5.91 Å². The molecule has 208 valence electrons. The van der Waals surface area contributed by atoms with Crippen LogP contribution in [-0.4, -0.2) is 33.2 Å². The number of sulfonamides is 1. The van der Waals surface area contributed by atoms with Crippen molar-refractivity contribution in [3.8, 4) is 11.3 Å². The predicted octanol–water partition coefficient (Wildman–Crippen LogP) is 6.38. The topological polar surface area (TPSA) is 97.6 Å². The Labute approximate surface area is 233 Å². The Morgan fingerprint density at radius 2 is 1.88 bits per heavy atom. The van der Waals surface area contributed by atoms with E-state index in [0.717, 1.165) is 24.0 Å². The van der Waals surface area contributed by atoms with Crippen LogP contribution in [0, 0.1) is 5.82 Å². The fourth-order valence-electron chi connectivity index (χ4n) is 4.67. The van der Waals surface area contributed by atoms with Gasteiger partial charge in [0, 0.05) is 24.1 Å². The van der Waals surface area contributed by atoms with E-state index in [1.54, 1.807) is 24.3 Å². The van der Waals surface area contributed by atoms with Gasteiger partial charge in [-0.15, -0.1) is 6.58 Å². The highest BCUT2D eigenvalue weighted by Gasteiger charge is 2.31. The molecule has 0 radical (unpaired) electrons. The number of halogens is 1. The van der Waals surface area contributed by atoms with Gasteiger partial charge in [-0.2, -0.15) is 0 Å². The highest BCUT2D eigenvalue weighted by Crippen LogP contribution is 2.46. The van der Waals surface area contributed by atoms with Gasteiger partial charge in [-0.1, -0.05) is 36.4 Å². The number of nitrogens with one attached hydrogen (secondary N) is 2. The number of furan rings is 1. The molecule has 1 aromatic heterocycles. The van der Waals surface area contributed by atoms with Crippen molar-refractivity contribution in [2.75, 3.05) is 17.5 Å². The van der Waals surface area contributed by atoms with Crippen LogP contribution in [0.15, 0.2) is 83.8 Å². The lowest BCUT2D eigenvalue weighted by Gasteiger charge is -2.16. The average Bonchev–Trinajstić information content (AvgIpc) is 3.73. The molecule has 1 fully saturated rings. The lowest BCUT2D eigenvalue weighted by Crippen LogP contribution is -2.22. The standard InChI is InChI=1S/C31H31FN2O5S/c1-3-24(38-19-20-7-5-4-6-8-20)15-16-40(36,37)34-27-18-28-26(17-25(27)21-9-10-21)29(31(35)33-2)30(39-28)22-11-13-23(32)14-12-22/h3-8,11-14,17-18,21,24,34H,1,9-10,15-16,19H2,2H3,(H,33,35). The van der Waals surface area contributed by atoms with Gasteiger partial charge in [-0.25, -0.2) is 12.8 Å². The molecule has 1 saturated carbocycles. The van der Waals surface area contributed by atoms with Crippen LogP contribution < -0.4 is 10.0 Å². The summed E-state index contributed by atoms with van der Waals surface area (Å²) in [5, 5.41) is 3.22. The van der Waals surface area contributed by atoms with Crippen LogP contribution in [0.5, 0.6) is 0 Å². The Morgan fingerprint density at radius 3 is 2.52 bits per heavy atom. The molecule has 4 aromatic rings. The number of anilines is 1. The second kappa shape index (κ2) is 11.7. The number of benzene rings is 3. The minimum Gasteiger partial charge on any atom is -0.455 e. The zero-order chi connectivity index (χ0) is 28.3. The van der Waals surface area contributed by atoms with Crippen LogP contribution in [0.3, 0.4) is 0 Å². The van der Waals surface area contributed by atoms with E-state index in [1.165, 1.54) is 19.2 Å². The summed E-state index contributed by atoms with van der Waals surface area (Å²) >= 11 is 0. The Balaban J connectivity index is 1.41. The van der Waals surface area contributed by atoms with Gasteiger partial charge in [-0.05, 0) is 66.6 Å². The van der Waals surface area contributed by atoms with E-state index in [-0.39, 0.29) is 24.0 Å². The molecular formula is C31H31FN2O5S. The Hall–Kier alpha value is -3.95. The molecule has 1 atom stereocenters. The first-order valence-electron chi connectivity index (χ1n) is 13.1. The van der Waals surface area contributed by atoms with Crippen molar-refractivity contribution in [1.29, 1.82) is 0 Å². The van der Waals surface area contributed by atoms with Crippen LogP contribution >= 0.6 is 0 Å². The van der Waals surface area contributed by atoms with Gasteiger partial charge in [-0.3, -0.25) is 9.52 Å². The molecule has 1 unspecified atom stereocenters. The van der Waals surface area contributed by atoms with E-state index in [1.807, 2.05) is 36.4 Å². The summed E-state index contributed by atoms with van der Waals surface area (Å²) in [7, 11) is -2.21. The highest BCUT2D eigenvalue weighted by atomic mass is 32.2. The van der Waals surface area contributed by atoms with Crippen molar-refractivity contribution >= 4 is 32.6 Å². The molecule has 0 saturated heterocycles. The minimum atomic E-state index is -3.74. The molecule has 1 amide bonds. The van der Waals surface area contributed by atoms with Gasteiger partial charge >= 0.3 is 0 Å². The molecule has 5 rings (SSSR count). The molecule has 0 bridgehead atoms. The predicted molar refractivity (Wildman–Crippen MR) is 154 cm³/mol. The Bertz CT molecular complexity index is 1630. The number of carbonyl (C=O) groups excluding carboxylic acids is 1.